The first-order valence-corrected chi connectivity index (χ1v) is 12.2. The lowest BCUT2D eigenvalue weighted by Gasteiger charge is -2.27. The Morgan fingerprint density at radius 1 is 0.882 bits per heavy atom. The fourth-order valence-electron chi connectivity index (χ4n) is 2.74. The Bertz CT molecular complexity index is 718. The van der Waals surface area contributed by atoms with Gasteiger partial charge in [0.1, 0.15) is 24.2 Å². The topological polar surface area (TPSA) is 200 Å². The Labute approximate surface area is 204 Å². The number of rotatable bonds is 15. The molecule has 0 fully saturated rings. The monoisotopic (exact) mass is 505 g/mol. The lowest BCUT2D eigenvalue weighted by molar-refractivity contribution is -0.143. The molecular weight excluding hydrogens is 466 g/mol. The highest BCUT2D eigenvalue weighted by Gasteiger charge is 2.32. The molecule has 0 radical (unpaired) electrons. The van der Waals surface area contributed by atoms with E-state index in [0.717, 1.165) is 11.8 Å². The van der Waals surface area contributed by atoms with Crippen molar-refractivity contribution in [3.05, 3.63) is 0 Å². The van der Waals surface area contributed by atoms with E-state index in [-0.39, 0.29) is 35.8 Å². The summed E-state index contributed by atoms with van der Waals surface area (Å²) in [6, 6.07) is -4.58. The fourth-order valence-corrected chi connectivity index (χ4v) is 3.64. The Morgan fingerprint density at radius 2 is 1.44 bits per heavy atom. The minimum Gasteiger partial charge on any atom is -0.480 e. The van der Waals surface area contributed by atoms with E-state index in [2.05, 4.69) is 21.3 Å². The predicted octanol–water partition coefficient (Wildman–Crippen LogP) is -1.24. The van der Waals surface area contributed by atoms with Crippen LogP contribution in [0, 0.1) is 11.8 Å². The number of aliphatic hydroxyl groups is 1. The van der Waals surface area contributed by atoms with Crippen molar-refractivity contribution >= 4 is 41.4 Å². The number of amides is 4. The number of nitrogens with one attached hydrogen (secondary N) is 4. The van der Waals surface area contributed by atoms with Crippen molar-refractivity contribution in [3.63, 3.8) is 0 Å². The van der Waals surface area contributed by atoms with E-state index in [1.165, 1.54) is 13.8 Å². The molecule has 0 aliphatic rings. The summed E-state index contributed by atoms with van der Waals surface area (Å²) in [4.78, 5) is 60.7. The molecule has 196 valence electrons. The van der Waals surface area contributed by atoms with Gasteiger partial charge in [0, 0.05) is 12.7 Å². The van der Waals surface area contributed by atoms with Gasteiger partial charge in [0.2, 0.25) is 23.6 Å². The van der Waals surface area contributed by atoms with Crippen LogP contribution in [0.15, 0.2) is 0 Å². The van der Waals surface area contributed by atoms with Gasteiger partial charge in [-0.1, -0.05) is 27.7 Å². The molecule has 4 amide bonds. The lowest BCUT2D eigenvalue weighted by atomic mass is 10.00. The molecule has 13 heteroatoms. The van der Waals surface area contributed by atoms with Gasteiger partial charge in [-0.3, -0.25) is 19.2 Å². The third-order valence-corrected chi connectivity index (χ3v) is 5.65. The first-order chi connectivity index (χ1) is 15.7. The minimum atomic E-state index is -1.27. The lowest BCUT2D eigenvalue weighted by Crippen LogP contribution is -2.59. The van der Waals surface area contributed by atoms with Gasteiger partial charge in [-0.15, -0.1) is 11.8 Å². The number of carboxylic acid groups (broad SMARTS) is 1. The molecule has 0 aliphatic heterocycles. The number of nitrogens with two attached hydrogens (primary N) is 1. The Kier molecular flexibility index (Phi) is 14.4. The molecular formula is C21H39N5O7S. The third-order valence-electron chi connectivity index (χ3n) is 4.73. The number of aliphatic carboxylic acids is 1. The summed E-state index contributed by atoms with van der Waals surface area (Å²) in [7, 11) is 0. The zero-order valence-electron chi connectivity index (χ0n) is 20.6. The summed E-state index contributed by atoms with van der Waals surface area (Å²) >= 11 is 1.16. The Hall–Kier alpha value is -2.38. The van der Waals surface area contributed by atoms with Gasteiger partial charge in [-0.2, -0.15) is 0 Å². The highest BCUT2D eigenvalue weighted by molar-refractivity contribution is 7.99. The summed E-state index contributed by atoms with van der Waals surface area (Å²) in [5.41, 5.74) is 5.65. The zero-order valence-corrected chi connectivity index (χ0v) is 21.4. The van der Waals surface area contributed by atoms with Crippen LogP contribution < -0.4 is 27.0 Å². The fraction of sp³-hybridized carbons (Fsp3) is 0.762. The predicted molar refractivity (Wildman–Crippen MR) is 129 cm³/mol. The summed E-state index contributed by atoms with van der Waals surface area (Å²) in [5, 5.41) is 29.0. The first-order valence-electron chi connectivity index (χ1n) is 11.1. The molecule has 0 aromatic rings. The first kappa shape index (κ1) is 31.6. The maximum absolute atomic E-state index is 13.0. The number of carbonyl (C=O) groups is 5. The van der Waals surface area contributed by atoms with Gasteiger partial charge < -0.3 is 37.2 Å². The molecule has 0 spiro atoms. The van der Waals surface area contributed by atoms with Crippen molar-refractivity contribution in [3.8, 4) is 0 Å². The summed E-state index contributed by atoms with van der Waals surface area (Å²) in [6.07, 6.45) is -0.936. The summed E-state index contributed by atoms with van der Waals surface area (Å²) in [5.74, 6) is -3.69. The van der Waals surface area contributed by atoms with E-state index in [9.17, 15) is 34.2 Å². The molecule has 0 rings (SSSR count). The SMILES string of the molecule is CC(=O)NCSC[C@H](NC(=O)[C@@H](N)[C@@H](C)O)C(=O)N[C@H](C(=O)N[C@@H](CC(C)C)C(=O)O)C(C)C. The quantitative estimate of drug-likeness (QED) is 0.105. The van der Waals surface area contributed by atoms with E-state index < -0.39 is 54.0 Å². The van der Waals surface area contributed by atoms with Gasteiger partial charge >= 0.3 is 5.97 Å². The molecule has 0 aromatic heterocycles. The largest absolute Gasteiger partial charge is 0.480 e. The molecule has 0 unspecified atom stereocenters. The van der Waals surface area contributed by atoms with Crippen LogP contribution in [-0.2, 0) is 24.0 Å². The zero-order chi connectivity index (χ0) is 26.6. The van der Waals surface area contributed by atoms with E-state index >= 15 is 0 Å². The van der Waals surface area contributed by atoms with Crippen LogP contribution in [0.3, 0.4) is 0 Å². The van der Waals surface area contributed by atoms with Crippen LogP contribution in [0.4, 0.5) is 0 Å². The van der Waals surface area contributed by atoms with Crippen molar-refractivity contribution in [2.45, 2.75) is 78.2 Å². The standard InChI is InChI=1S/C21H39N5O7S/c1-10(2)7-14(21(32)33)24-20(31)17(11(3)4)26-18(29)15(8-34-9-23-13(6)28)25-19(30)16(22)12(5)27/h10-12,14-17,27H,7-9,22H2,1-6H3,(H,23,28)(H,24,31)(H,25,30)(H,26,29)(H,32,33)/t12-,14+,15+,16+,17+/m1/s1. The van der Waals surface area contributed by atoms with Crippen molar-refractivity contribution in [1.82, 2.24) is 21.3 Å². The van der Waals surface area contributed by atoms with Crippen LogP contribution in [0.25, 0.3) is 0 Å². The van der Waals surface area contributed by atoms with Crippen molar-refractivity contribution < 1.29 is 34.2 Å². The molecule has 12 nitrogen and oxygen atoms in total. The number of carboxylic acids is 1. The molecule has 0 aromatic carbocycles. The van der Waals surface area contributed by atoms with Crippen LogP contribution >= 0.6 is 11.8 Å². The van der Waals surface area contributed by atoms with Gasteiger partial charge in [0.15, 0.2) is 0 Å². The molecule has 0 heterocycles. The van der Waals surface area contributed by atoms with Crippen molar-refractivity contribution in [1.29, 1.82) is 0 Å². The van der Waals surface area contributed by atoms with Gasteiger partial charge in [-0.25, -0.2) is 4.79 Å². The molecule has 34 heavy (non-hydrogen) atoms. The average Bonchev–Trinajstić information content (AvgIpc) is 2.71. The number of hydrogen-bond donors (Lipinski definition) is 7. The third kappa shape index (κ3) is 12.2. The van der Waals surface area contributed by atoms with E-state index in [1.54, 1.807) is 13.8 Å². The van der Waals surface area contributed by atoms with Gasteiger partial charge in [0.25, 0.3) is 0 Å². The van der Waals surface area contributed by atoms with Crippen LogP contribution in [0.5, 0.6) is 0 Å². The second-order valence-electron chi connectivity index (χ2n) is 8.83. The second kappa shape index (κ2) is 15.5. The molecule has 5 atom stereocenters. The number of aliphatic hydroxyl groups excluding tert-OH is 1. The van der Waals surface area contributed by atoms with Gasteiger partial charge in [-0.05, 0) is 25.2 Å². The van der Waals surface area contributed by atoms with Crippen molar-refractivity contribution in [2.75, 3.05) is 11.6 Å². The normalized spacial score (nSPS) is 15.6. The number of thioether (sulfide) groups is 1. The highest BCUT2D eigenvalue weighted by atomic mass is 32.2. The summed E-state index contributed by atoms with van der Waals surface area (Å²) < 4.78 is 0. The molecule has 0 saturated carbocycles. The summed E-state index contributed by atoms with van der Waals surface area (Å²) in [6.45, 7) is 9.70. The minimum absolute atomic E-state index is 0.0202. The number of carbonyl (C=O) groups excluding carboxylic acids is 4. The molecule has 0 saturated heterocycles. The van der Waals surface area contributed by atoms with E-state index in [0.29, 0.717) is 0 Å². The highest BCUT2D eigenvalue weighted by Crippen LogP contribution is 2.09. The maximum atomic E-state index is 13.0. The number of hydrogen-bond acceptors (Lipinski definition) is 8. The van der Waals surface area contributed by atoms with Crippen LogP contribution in [0.1, 0.15) is 48.0 Å². The van der Waals surface area contributed by atoms with Crippen LogP contribution in [-0.4, -0.2) is 81.7 Å². The maximum Gasteiger partial charge on any atom is 0.326 e. The van der Waals surface area contributed by atoms with E-state index in [4.69, 9.17) is 5.73 Å². The second-order valence-corrected chi connectivity index (χ2v) is 9.87. The Balaban J connectivity index is 5.48. The smallest absolute Gasteiger partial charge is 0.326 e. The van der Waals surface area contributed by atoms with Crippen LogP contribution in [0.2, 0.25) is 0 Å². The molecule has 0 bridgehead atoms. The van der Waals surface area contributed by atoms with Crippen molar-refractivity contribution in [2.24, 2.45) is 17.6 Å². The molecule has 8 N–H and O–H groups in total. The molecule has 0 aliphatic carbocycles. The average molecular weight is 506 g/mol. The van der Waals surface area contributed by atoms with Gasteiger partial charge in [0.05, 0.1) is 12.0 Å². The Morgan fingerprint density at radius 3 is 1.88 bits per heavy atom. The van der Waals surface area contributed by atoms with E-state index in [1.807, 2.05) is 13.8 Å².